The quantitative estimate of drug-likeness (QED) is 0.616. The van der Waals surface area contributed by atoms with E-state index < -0.39 is 11.0 Å². The minimum atomic E-state index is -0.533. The maximum atomic E-state index is 12.3. The van der Waals surface area contributed by atoms with Crippen molar-refractivity contribution in [3.63, 3.8) is 0 Å². The summed E-state index contributed by atoms with van der Waals surface area (Å²) in [5.41, 5.74) is 2.11. The fraction of sp³-hybridized carbons (Fsp3) is 0.278. The van der Waals surface area contributed by atoms with E-state index in [-0.39, 0.29) is 17.3 Å². The van der Waals surface area contributed by atoms with E-state index >= 15 is 0 Å². The standard InChI is InChI=1S/C18H21N3O3/c1-12(2)14-8-10-15(11-9-14)19-13(3)18(22)20-16-6-4-5-7-17(16)21(23)24/h4-13,19H,1-3H3,(H,20,22). The van der Waals surface area contributed by atoms with Gasteiger partial charge in [-0.1, -0.05) is 38.1 Å². The summed E-state index contributed by atoms with van der Waals surface area (Å²) in [6.07, 6.45) is 0. The van der Waals surface area contributed by atoms with Crippen LogP contribution in [0.25, 0.3) is 0 Å². The lowest BCUT2D eigenvalue weighted by Crippen LogP contribution is -2.32. The topological polar surface area (TPSA) is 84.3 Å². The van der Waals surface area contributed by atoms with Crippen molar-refractivity contribution in [3.05, 3.63) is 64.2 Å². The first-order chi connectivity index (χ1) is 11.4. The molecule has 1 amide bonds. The van der Waals surface area contributed by atoms with Gasteiger partial charge in [0.25, 0.3) is 5.69 Å². The second-order valence-corrected chi connectivity index (χ2v) is 5.91. The van der Waals surface area contributed by atoms with Gasteiger partial charge in [-0.15, -0.1) is 0 Å². The van der Waals surface area contributed by atoms with Crippen LogP contribution >= 0.6 is 0 Å². The first-order valence-corrected chi connectivity index (χ1v) is 7.79. The van der Waals surface area contributed by atoms with Gasteiger partial charge in [0.1, 0.15) is 11.7 Å². The number of hydrogen-bond donors (Lipinski definition) is 2. The van der Waals surface area contributed by atoms with Crippen molar-refractivity contribution in [2.24, 2.45) is 0 Å². The van der Waals surface area contributed by atoms with Gasteiger partial charge < -0.3 is 10.6 Å². The number of carbonyl (C=O) groups is 1. The second-order valence-electron chi connectivity index (χ2n) is 5.91. The molecule has 0 aliphatic carbocycles. The molecule has 6 nitrogen and oxygen atoms in total. The van der Waals surface area contributed by atoms with Crippen LogP contribution in [0.3, 0.4) is 0 Å². The molecule has 1 atom stereocenters. The van der Waals surface area contributed by atoms with E-state index in [0.717, 1.165) is 5.69 Å². The molecule has 0 aromatic heterocycles. The number of benzene rings is 2. The van der Waals surface area contributed by atoms with E-state index in [9.17, 15) is 14.9 Å². The van der Waals surface area contributed by atoms with E-state index in [2.05, 4.69) is 24.5 Å². The number of nitrogens with zero attached hydrogens (tertiary/aromatic N) is 1. The summed E-state index contributed by atoms with van der Waals surface area (Å²) >= 11 is 0. The van der Waals surface area contributed by atoms with E-state index in [4.69, 9.17) is 0 Å². The molecule has 0 spiro atoms. The largest absolute Gasteiger partial charge is 0.374 e. The number of rotatable bonds is 6. The number of nitro benzene ring substituents is 1. The van der Waals surface area contributed by atoms with Crippen molar-refractivity contribution in [1.29, 1.82) is 0 Å². The molecule has 2 aromatic carbocycles. The molecular weight excluding hydrogens is 306 g/mol. The predicted octanol–water partition coefficient (Wildman–Crippen LogP) is 4.16. The third-order valence-corrected chi connectivity index (χ3v) is 3.71. The number of para-hydroxylation sites is 2. The Morgan fingerprint density at radius 2 is 1.67 bits per heavy atom. The Morgan fingerprint density at radius 1 is 1.04 bits per heavy atom. The molecule has 0 saturated heterocycles. The Balaban J connectivity index is 2.03. The highest BCUT2D eigenvalue weighted by atomic mass is 16.6. The molecule has 0 aliphatic rings. The van der Waals surface area contributed by atoms with Gasteiger partial charge in [0.05, 0.1) is 4.92 Å². The van der Waals surface area contributed by atoms with Crippen LogP contribution < -0.4 is 10.6 Å². The number of nitro groups is 1. The van der Waals surface area contributed by atoms with Crippen LogP contribution in [0, 0.1) is 10.1 Å². The highest BCUT2D eigenvalue weighted by Crippen LogP contribution is 2.23. The normalized spacial score (nSPS) is 11.8. The predicted molar refractivity (Wildman–Crippen MR) is 95.3 cm³/mol. The molecule has 0 radical (unpaired) electrons. The fourth-order valence-corrected chi connectivity index (χ4v) is 2.26. The molecule has 2 aromatic rings. The lowest BCUT2D eigenvalue weighted by molar-refractivity contribution is -0.383. The fourth-order valence-electron chi connectivity index (χ4n) is 2.26. The molecular formula is C18H21N3O3. The lowest BCUT2D eigenvalue weighted by Gasteiger charge is -2.16. The van der Waals surface area contributed by atoms with Gasteiger partial charge in [-0.2, -0.15) is 0 Å². The Hall–Kier alpha value is -2.89. The van der Waals surface area contributed by atoms with Crippen LogP contribution in [0.4, 0.5) is 17.1 Å². The van der Waals surface area contributed by atoms with E-state index in [1.165, 1.54) is 17.7 Å². The summed E-state index contributed by atoms with van der Waals surface area (Å²) in [6.45, 7) is 5.94. The average Bonchev–Trinajstić information content (AvgIpc) is 2.55. The highest BCUT2D eigenvalue weighted by molar-refractivity contribution is 5.97. The Kier molecular flexibility index (Phi) is 5.52. The van der Waals surface area contributed by atoms with Gasteiger partial charge in [-0.05, 0) is 36.6 Å². The van der Waals surface area contributed by atoms with Crippen molar-refractivity contribution in [3.8, 4) is 0 Å². The molecule has 24 heavy (non-hydrogen) atoms. The van der Waals surface area contributed by atoms with Gasteiger partial charge >= 0.3 is 0 Å². The number of anilines is 2. The summed E-state index contributed by atoms with van der Waals surface area (Å²) in [7, 11) is 0. The third kappa shape index (κ3) is 4.32. The van der Waals surface area contributed by atoms with Gasteiger partial charge in [0.2, 0.25) is 5.91 Å². The summed E-state index contributed by atoms with van der Waals surface area (Å²) in [6, 6.07) is 13.4. The smallest absolute Gasteiger partial charge is 0.292 e. The van der Waals surface area contributed by atoms with Gasteiger partial charge in [0, 0.05) is 11.8 Å². The molecule has 126 valence electrons. The maximum absolute atomic E-state index is 12.3. The highest BCUT2D eigenvalue weighted by Gasteiger charge is 2.18. The number of amides is 1. The molecule has 2 N–H and O–H groups in total. The van der Waals surface area contributed by atoms with E-state index in [1.807, 2.05) is 24.3 Å². The first-order valence-electron chi connectivity index (χ1n) is 7.79. The Morgan fingerprint density at radius 3 is 2.25 bits per heavy atom. The summed E-state index contributed by atoms with van der Waals surface area (Å²) in [5, 5.41) is 16.7. The molecule has 2 rings (SSSR count). The van der Waals surface area contributed by atoms with Crippen LogP contribution in [0.1, 0.15) is 32.3 Å². The van der Waals surface area contributed by atoms with Crippen LogP contribution in [-0.4, -0.2) is 16.9 Å². The number of hydrogen-bond acceptors (Lipinski definition) is 4. The van der Waals surface area contributed by atoms with Gasteiger partial charge in [-0.3, -0.25) is 14.9 Å². The van der Waals surface area contributed by atoms with Crippen molar-refractivity contribution in [2.45, 2.75) is 32.7 Å². The zero-order chi connectivity index (χ0) is 17.7. The first kappa shape index (κ1) is 17.5. The zero-order valence-corrected chi connectivity index (χ0v) is 13.9. The van der Waals surface area contributed by atoms with Crippen LogP contribution in [0.5, 0.6) is 0 Å². The monoisotopic (exact) mass is 327 g/mol. The summed E-state index contributed by atoms with van der Waals surface area (Å²) in [4.78, 5) is 22.7. The molecule has 0 saturated carbocycles. The van der Waals surface area contributed by atoms with Crippen LogP contribution in [0.2, 0.25) is 0 Å². The van der Waals surface area contributed by atoms with Crippen molar-refractivity contribution in [2.75, 3.05) is 10.6 Å². The number of carbonyl (C=O) groups excluding carboxylic acids is 1. The molecule has 0 heterocycles. The zero-order valence-electron chi connectivity index (χ0n) is 13.9. The Labute approximate surface area is 141 Å². The molecule has 6 heteroatoms. The van der Waals surface area contributed by atoms with Crippen LogP contribution in [0.15, 0.2) is 48.5 Å². The molecule has 0 aliphatic heterocycles. The van der Waals surface area contributed by atoms with Gasteiger partial charge in [0.15, 0.2) is 0 Å². The van der Waals surface area contributed by atoms with E-state index in [1.54, 1.807) is 19.1 Å². The molecule has 1 unspecified atom stereocenters. The summed E-state index contributed by atoms with van der Waals surface area (Å²) in [5.74, 6) is 0.107. The van der Waals surface area contributed by atoms with Crippen LogP contribution in [-0.2, 0) is 4.79 Å². The van der Waals surface area contributed by atoms with Gasteiger partial charge in [-0.25, -0.2) is 0 Å². The number of nitrogens with one attached hydrogen (secondary N) is 2. The van der Waals surface area contributed by atoms with E-state index in [0.29, 0.717) is 5.92 Å². The summed E-state index contributed by atoms with van der Waals surface area (Å²) < 4.78 is 0. The SMILES string of the molecule is CC(Nc1ccc(C(C)C)cc1)C(=O)Nc1ccccc1[N+](=O)[O-]. The average molecular weight is 327 g/mol. The van der Waals surface area contributed by atoms with Crippen molar-refractivity contribution >= 4 is 23.0 Å². The second kappa shape index (κ2) is 7.59. The third-order valence-electron chi connectivity index (χ3n) is 3.71. The minimum Gasteiger partial charge on any atom is -0.374 e. The lowest BCUT2D eigenvalue weighted by atomic mass is 10.0. The molecule has 0 bridgehead atoms. The Bertz CT molecular complexity index is 727. The minimum absolute atomic E-state index is 0.126. The van der Waals surface area contributed by atoms with Crippen molar-refractivity contribution < 1.29 is 9.72 Å². The van der Waals surface area contributed by atoms with Crippen molar-refractivity contribution in [1.82, 2.24) is 0 Å². The maximum Gasteiger partial charge on any atom is 0.292 e. The molecule has 0 fully saturated rings.